The van der Waals surface area contributed by atoms with E-state index >= 15 is 0 Å². The van der Waals surface area contributed by atoms with Gasteiger partial charge in [-0.25, -0.2) is 0 Å². The van der Waals surface area contributed by atoms with E-state index in [1.807, 2.05) is 0 Å². The Hall–Kier alpha value is -0.820. The van der Waals surface area contributed by atoms with Gasteiger partial charge in [0.15, 0.2) is 0 Å². The molecule has 4 unspecified atom stereocenters. The molecule has 1 aromatic carbocycles. The minimum Gasteiger partial charge on any atom is -0.393 e. The van der Waals surface area contributed by atoms with Crippen molar-refractivity contribution in [2.24, 2.45) is 17.3 Å². The molecule has 4 rings (SSSR count). The maximum atomic E-state index is 10.4. The topological polar surface area (TPSA) is 20.2 Å². The average Bonchev–Trinajstić information content (AvgIpc) is 2.75. The number of aliphatic hydroxyl groups excluding tert-OH is 1. The highest BCUT2D eigenvalue weighted by Crippen LogP contribution is 2.60. The zero-order chi connectivity index (χ0) is 13.0. The van der Waals surface area contributed by atoms with Gasteiger partial charge in [0.2, 0.25) is 0 Å². The third-order valence-corrected chi connectivity index (χ3v) is 6.52. The molecular formula is C18H23O. The van der Waals surface area contributed by atoms with Gasteiger partial charge >= 0.3 is 0 Å². The number of aliphatic hydroxyl groups is 1. The third kappa shape index (κ3) is 1.57. The molecular weight excluding hydrogens is 232 g/mol. The lowest BCUT2D eigenvalue weighted by Gasteiger charge is -2.50. The molecule has 0 heterocycles. The van der Waals surface area contributed by atoms with Gasteiger partial charge in [0.1, 0.15) is 0 Å². The molecule has 3 aliphatic rings. The van der Waals surface area contributed by atoms with Crippen LogP contribution in [0.5, 0.6) is 0 Å². The largest absolute Gasteiger partial charge is 0.393 e. The van der Waals surface area contributed by atoms with E-state index in [2.05, 4.69) is 31.2 Å². The van der Waals surface area contributed by atoms with Gasteiger partial charge < -0.3 is 5.11 Å². The zero-order valence-corrected chi connectivity index (χ0v) is 11.7. The predicted octanol–water partition coefficient (Wildman–Crippen LogP) is 3.70. The lowest BCUT2D eigenvalue weighted by atomic mass is 9.55. The van der Waals surface area contributed by atoms with Crippen LogP contribution < -0.4 is 0 Å². The highest BCUT2D eigenvalue weighted by molar-refractivity contribution is 5.34. The van der Waals surface area contributed by atoms with Crippen molar-refractivity contribution in [3.63, 3.8) is 0 Å². The van der Waals surface area contributed by atoms with E-state index in [1.165, 1.54) is 37.7 Å². The lowest BCUT2D eigenvalue weighted by molar-refractivity contribution is -0.0226. The summed E-state index contributed by atoms with van der Waals surface area (Å²) in [5.74, 6) is 2.31. The maximum Gasteiger partial charge on any atom is 0.0596 e. The summed E-state index contributed by atoms with van der Waals surface area (Å²) in [5, 5.41) is 10.4. The van der Waals surface area contributed by atoms with Crippen molar-refractivity contribution in [1.29, 1.82) is 0 Å². The molecule has 0 aliphatic heterocycles. The molecule has 1 radical (unpaired) electrons. The van der Waals surface area contributed by atoms with Crippen LogP contribution in [0.3, 0.4) is 0 Å². The monoisotopic (exact) mass is 255 g/mol. The Balaban J connectivity index is 1.72. The molecule has 19 heavy (non-hydrogen) atoms. The van der Waals surface area contributed by atoms with Crippen molar-refractivity contribution in [3.8, 4) is 0 Å². The normalized spacial score (nSPS) is 44.3. The average molecular weight is 255 g/mol. The van der Waals surface area contributed by atoms with Crippen molar-refractivity contribution < 1.29 is 5.11 Å². The summed E-state index contributed by atoms with van der Waals surface area (Å²) in [7, 11) is 0. The van der Waals surface area contributed by atoms with E-state index in [9.17, 15) is 5.11 Å². The Morgan fingerprint density at radius 2 is 2.16 bits per heavy atom. The summed E-state index contributed by atoms with van der Waals surface area (Å²) in [5.41, 5.74) is 3.34. The van der Waals surface area contributed by atoms with E-state index in [1.54, 1.807) is 5.56 Å². The van der Waals surface area contributed by atoms with Crippen LogP contribution in [0.15, 0.2) is 18.2 Å². The van der Waals surface area contributed by atoms with Crippen LogP contribution in [0.25, 0.3) is 0 Å². The van der Waals surface area contributed by atoms with Gasteiger partial charge in [-0.05, 0) is 78.9 Å². The summed E-state index contributed by atoms with van der Waals surface area (Å²) in [4.78, 5) is 0. The maximum absolute atomic E-state index is 10.4. The number of rotatable bonds is 0. The molecule has 1 N–H and O–H groups in total. The Kier molecular flexibility index (Phi) is 2.57. The minimum atomic E-state index is -0.0519. The van der Waals surface area contributed by atoms with Gasteiger partial charge in [0.05, 0.1) is 6.10 Å². The molecule has 0 saturated heterocycles. The number of fused-ring (bicyclic) bond motifs is 5. The van der Waals surface area contributed by atoms with Crippen LogP contribution in [0, 0.1) is 23.3 Å². The first kappa shape index (κ1) is 12.0. The van der Waals surface area contributed by atoms with Gasteiger partial charge in [-0.15, -0.1) is 0 Å². The van der Waals surface area contributed by atoms with Crippen LogP contribution in [-0.4, -0.2) is 11.2 Å². The fourth-order valence-corrected chi connectivity index (χ4v) is 5.43. The third-order valence-electron chi connectivity index (χ3n) is 6.52. The summed E-state index contributed by atoms with van der Waals surface area (Å²) in [6.07, 6.45) is 7.24. The van der Waals surface area contributed by atoms with Crippen LogP contribution >= 0.6 is 0 Å². The van der Waals surface area contributed by atoms with Crippen LogP contribution in [-0.2, 0) is 6.42 Å². The highest BCUT2D eigenvalue weighted by atomic mass is 16.3. The van der Waals surface area contributed by atoms with E-state index in [-0.39, 0.29) is 11.5 Å². The second-order valence-corrected chi connectivity index (χ2v) is 7.18. The molecule has 3 aliphatic carbocycles. The first-order valence-electron chi connectivity index (χ1n) is 7.87. The second-order valence-electron chi connectivity index (χ2n) is 7.18. The number of benzene rings is 1. The zero-order valence-electron chi connectivity index (χ0n) is 11.7. The fourth-order valence-electron chi connectivity index (χ4n) is 5.43. The standard InChI is InChI=1S/C18H23O/c1-18-11-10-14-13-5-3-2-4-12(13)6-7-15(14)16(18)8-9-17(18)19/h3-5,14-17,19H,6-11H2,1H3/t14?,15?,16?,17?,18-/m0/s1. The van der Waals surface area contributed by atoms with Crippen molar-refractivity contribution in [2.75, 3.05) is 0 Å². The Bertz CT molecular complexity index is 494. The molecule has 0 aromatic heterocycles. The molecule has 0 amide bonds. The van der Waals surface area contributed by atoms with Crippen LogP contribution in [0.1, 0.15) is 56.1 Å². The molecule has 1 aromatic rings. The van der Waals surface area contributed by atoms with Crippen molar-refractivity contribution in [2.45, 2.75) is 57.5 Å². The first-order valence-corrected chi connectivity index (χ1v) is 7.87. The molecule has 0 spiro atoms. The van der Waals surface area contributed by atoms with Crippen molar-refractivity contribution in [3.05, 3.63) is 35.4 Å². The van der Waals surface area contributed by atoms with Crippen LogP contribution in [0.2, 0.25) is 0 Å². The summed E-state index contributed by atoms with van der Waals surface area (Å²) < 4.78 is 0. The molecule has 2 fully saturated rings. The predicted molar refractivity (Wildman–Crippen MR) is 75.9 cm³/mol. The molecule has 2 saturated carbocycles. The van der Waals surface area contributed by atoms with Crippen LogP contribution in [0.4, 0.5) is 0 Å². The summed E-state index contributed by atoms with van der Waals surface area (Å²) >= 11 is 0. The lowest BCUT2D eigenvalue weighted by Crippen LogP contribution is -2.43. The second kappa shape index (κ2) is 4.09. The molecule has 1 nitrogen and oxygen atoms in total. The van der Waals surface area contributed by atoms with Crippen molar-refractivity contribution in [1.82, 2.24) is 0 Å². The van der Waals surface area contributed by atoms with Gasteiger partial charge in [-0.2, -0.15) is 0 Å². The Morgan fingerprint density at radius 1 is 1.26 bits per heavy atom. The molecule has 101 valence electrons. The van der Waals surface area contributed by atoms with E-state index < -0.39 is 0 Å². The molecule has 5 atom stereocenters. The number of aryl methyl sites for hydroxylation is 1. The van der Waals surface area contributed by atoms with E-state index in [0.717, 1.165) is 24.2 Å². The molecule has 1 heteroatoms. The van der Waals surface area contributed by atoms with Gasteiger partial charge in [0, 0.05) is 0 Å². The van der Waals surface area contributed by atoms with E-state index in [4.69, 9.17) is 0 Å². The van der Waals surface area contributed by atoms with Crippen molar-refractivity contribution >= 4 is 0 Å². The first-order chi connectivity index (χ1) is 9.20. The smallest absolute Gasteiger partial charge is 0.0596 e. The summed E-state index contributed by atoms with van der Waals surface area (Å²) in [6.45, 7) is 2.35. The number of hydrogen-bond donors (Lipinski definition) is 1. The Morgan fingerprint density at radius 3 is 3.05 bits per heavy atom. The molecule has 0 bridgehead atoms. The SMILES string of the molecule is C[C@]12CCC3c4cc[c]cc4CCC3C1CCC2O. The quantitative estimate of drug-likeness (QED) is 0.749. The van der Waals surface area contributed by atoms with Gasteiger partial charge in [-0.1, -0.05) is 25.1 Å². The number of hydrogen-bond acceptors (Lipinski definition) is 1. The minimum absolute atomic E-state index is 0.0519. The highest BCUT2D eigenvalue weighted by Gasteiger charge is 2.54. The van der Waals surface area contributed by atoms with E-state index in [0.29, 0.717) is 0 Å². The Labute approximate surface area is 116 Å². The fraction of sp³-hybridized carbons (Fsp3) is 0.667. The van der Waals surface area contributed by atoms with Gasteiger partial charge in [-0.3, -0.25) is 0 Å². The summed E-state index contributed by atoms with van der Waals surface area (Å²) in [6, 6.07) is 9.82. The van der Waals surface area contributed by atoms with Gasteiger partial charge in [0.25, 0.3) is 0 Å².